The fraction of sp³-hybridized carbons (Fsp3) is 0.471. The summed E-state index contributed by atoms with van der Waals surface area (Å²) in [4.78, 5) is 12.9. The summed E-state index contributed by atoms with van der Waals surface area (Å²) in [6.45, 7) is 4.20. The van der Waals surface area contributed by atoms with Crippen LogP contribution in [0.3, 0.4) is 0 Å². The Balaban J connectivity index is 1.82. The summed E-state index contributed by atoms with van der Waals surface area (Å²) in [7, 11) is -3.72. The molecule has 0 radical (unpaired) electrons. The van der Waals surface area contributed by atoms with Gasteiger partial charge in [-0.1, -0.05) is 42.4 Å². The third kappa shape index (κ3) is 3.94. The van der Waals surface area contributed by atoms with Gasteiger partial charge < -0.3 is 0 Å². The van der Waals surface area contributed by atoms with Gasteiger partial charge in [0, 0.05) is 6.54 Å². The van der Waals surface area contributed by atoms with Gasteiger partial charge in [-0.15, -0.1) is 10.2 Å². The number of benzene rings is 1. The Hall–Kier alpha value is -1.84. The van der Waals surface area contributed by atoms with E-state index in [-0.39, 0.29) is 10.8 Å². The van der Waals surface area contributed by atoms with E-state index in [9.17, 15) is 13.2 Å². The molecule has 26 heavy (non-hydrogen) atoms. The molecular formula is C17H22N4O3S2. The molecule has 2 aromatic rings. The first-order valence-corrected chi connectivity index (χ1v) is 10.9. The van der Waals surface area contributed by atoms with Crippen molar-refractivity contribution in [2.45, 2.75) is 50.5 Å². The number of amides is 1. The van der Waals surface area contributed by atoms with Crippen molar-refractivity contribution in [2.75, 3.05) is 11.9 Å². The van der Waals surface area contributed by atoms with Crippen molar-refractivity contribution in [3.63, 3.8) is 0 Å². The summed E-state index contributed by atoms with van der Waals surface area (Å²) in [5.74, 6) is -0.348. The lowest BCUT2D eigenvalue weighted by Gasteiger charge is -2.33. The zero-order valence-corrected chi connectivity index (χ0v) is 16.4. The van der Waals surface area contributed by atoms with Gasteiger partial charge in [0.15, 0.2) is 0 Å². The van der Waals surface area contributed by atoms with E-state index in [0.29, 0.717) is 18.1 Å². The van der Waals surface area contributed by atoms with Gasteiger partial charge >= 0.3 is 0 Å². The third-order valence-electron chi connectivity index (χ3n) is 4.38. The number of carbonyl (C=O) groups is 1. The van der Waals surface area contributed by atoms with E-state index in [4.69, 9.17) is 0 Å². The van der Waals surface area contributed by atoms with Crippen LogP contribution in [-0.2, 0) is 21.2 Å². The third-order valence-corrected chi connectivity index (χ3v) is 7.29. The molecule has 0 spiro atoms. The molecule has 1 saturated heterocycles. The van der Waals surface area contributed by atoms with Gasteiger partial charge in [0.1, 0.15) is 11.0 Å². The van der Waals surface area contributed by atoms with E-state index in [0.717, 1.165) is 29.8 Å². The molecule has 1 aliphatic heterocycles. The molecule has 0 saturated carbocycles. The molecule has 0 unspecified atom stereocenters. The number of anilines is 1. The maximum absolute atomic E-state index is 13.0. The van der Waals surface area contributed by atoms with Gasteiger partial charge in [0.05, 0.1) is 4.90 Å². The maximum Gasteiger partial charge on any atom is 0.244 e. The number of nitrogens with zero attached hydrogens (tertiary/aromatic N) is 3. The Morgan fingerprint density at radius 3 is 2.65 bits per heavy atom. The van der Waals surface area contributed by atoms with Crippen LogP contribution in [-0.4, -0.2) is 41.4 Å². The van der Waals surface area contributed by atoms with E-state index in [1.807, 2.05) is 13.8 Å². The summed E-state index contributed by atoms with van der Waals surface area (Å²) in [5, 5.41) is 11.9. The highest BCUT2D eigenvalue weighted by Gasteiger charge is 2.37. The normalized spacial score (nSPS) is 18.6. The van der Waals surface area contributed by atoms with Crippen LogP contribution < -0.4 is 5.32 Å². The van der Waals surface area contributed by atoms with Crippen molar-refractivity contribution in [2.24, 2.45) is 0 Å². The van der Waals surface area contributed by atoms with E-state index >= 15 is 0 Å². The maximum atomic E-state index is 13.0. The summed E-state index contributed by atoms with van der Waals surface area (Å²) in [6, 6.07) is 5.97. The van der Waals surface area contributed by atoms with Crippen molar-refractivity contribution in [3.8, 4) is 0 Å². The molecule has 3 rings (SSSR count). The van der Waals surface area contributed by atoms with Gasteiger partial charge in [0.2, 0.25) is 21.1 Å². The first-order chi connectivity index (χ1) is 12.4. The second-order valence-electron chi connectivity index (χ2n) is 6.28. The number of aromatic nitrogens is 2. The molecule has 2 heterocycles. The molecule has 1 atom stereocenters. The van der Waals surface area contributed by atoms with Gasteiger partial charge in [-0.25, -0.2) is 8.42 Å². The Morgan fingerprint density at radius 1 is 1.27 bits per heavy atom. The van der Waals surface area contributed by atoms with Crippen LogP contribution >= 0.6 is 11.3 Å². The lowest BCUT2D eigenvalue weighted by atomic mass is 10.0. The molecule has 1 fully saturated rings. The fourth-order valence-electron chi connectivity index (χ4n) is 2.94. The minimum atomic E-state index is -3.72. The predicted molar refractivity (Wildman–Crippen MR) is 101 cm³/mol. The lowest BCUT2D eigenvalue weighted by molar-refractivity contribution is -0.120. The molecule has 1 amide bonds. The first-order valence-electron chi connectivity index (χ1n) is 8.63. The van der Waals surface area contributed by atoms with E-state index < -0.39 is 16.1 Å². The van der Waals surface area contributed by atoms with Crippen molar-refractivity contribution in [1.29, 1.82) is 0 Å². The predicted octanol–water partition coefficient (Wildman–Crippen LogP) is 2.59. The van der Waals surface area contributed by atoms with Gasteiger partial charge in [-0.05, 0) is 38.3 Å². The molecule has 0 aliphatic carbocycles. The van der Waals surface area contributed by atoms with Crippen LogP contribution in [0.4, 0.5) is 5.13 Å². The number of hydrogen-bond donors (Lipinski definition) is 1. The topological polar surface area (TPSA) is 92.3 Å². The summed E-state index contributed by atoms with van der Waals surface area (Å²) >= 11 is 1.31. The second kappa shape index (κ2) is 7.81. The first kappa shape index (κ1) is 18.9. The largest absolute Gasteiger partial charge is 0.299 e. The Bertz CT molecular complexity index is 878. The van der Waals surface area contributed by atoms with Gasteiger partial charge in [-0.3, -0.25) is 10.1 Å². The zero-order valence-electron chi connectivity index (χ0n) is 14.8. The summed E-state index contributed by atoms with van der Waals surface area (Å²) in [6.07, 6.45) is 2.79. The Morgan fingerprint density at radius 2 is 2.00 bits per heavy atom. The molecule has 1 N–H and O–H groups in total. The molecule has 1 aromatic carbocycles. The molecule has 140 valence electrons. The Labute approximate surface area is 157 Å². The molecule has 0 bridgehead atoms. The van der Waals surface area contributed by atoms with Crippen LogP contribution in [0.25, 0.3) is 0 Å². The fourth-order valence-corrected chi connectivity index (χ4v) is 5.27. The number of hydrogen-bond acceptors (Lipinski definition) is 6. The number of sulfonamides is 1. The van der Waals surface area contributed by atoms with Crippen molar-refractivity contribution < 1.29 is 13.2 Å². The van der Waals surface area contributed by atoms with Crippen LogP contribution in [0.2, 0.25) is 0 Å². The van der Waals surface area contributed by atoms with Crippen LogP contribution in [0.1, 0.15) is 36.8 Å². The highest BCUT2D eigenvalue weighted by Crippen LogP contribution is 2.27. The van der Waals surface area contributed by atoms with Crippen molar-refractivity contribution >= 4 is 32.4 Å². The van der Waals surface area contributed by atoms with E-state index in [2.05, 4.69) is 15.5 Å². The minimum Gasteiger partial charge on any atom is -0.299 e. The lowest BCUT2D eigenvalue weighted by Crippen LogP contribution is -2.49. The minimum absolute atomic E-state index is 0.215. The highest BCUT2D eigenvalue weighted by atomic mass is 32.2. The number of rotatable bonds is 5. The monoisotopic (exact) mass is 394 g/mol. The molecule has 9 heteroatoms. The number of carbonyl (C=O) groups excluding carboxylic acids is 1. The second-order valence-corrected chi connectivity index (χ2v) is 9.24. The van der Waals surface area contributed by atoms with Crippen molar-refractivity contribution in [1.82, 2.24) is 14.5 Å². The van der Waals surface area contributed by atoms with Gasteiger partial charge in [0.25, 0.3) is 0 Å². The standard InChI is InChI=1S/C17H22N4O3S2/c1-3-15-19-20-17(25-15)18-16(22)14-6-4-5-11-21(14)26(23,24)13-9-7-12(2)8-10-13/h7-10,14H,3-6,11H2,1-2H3,(H,18,20,22)/t14-/m1/s1. The number of aryl methyl sites for hydroxylation is 2. The number of nitrogens with one attached hydrogen (secondary N) is 1. The summed E-state index contributed by atoms with van der Waals surface area (Å²) in [5.41, 5.74) is 0.986. The highest BCUT2D eigenvalue weighted by molar-refractivity contribution is 7.89. The Kier molecular flexibility index (Phi) is 5.69. The molecule has 7 nitrogen and oxygen atoms in total. The van der Waals surface area contributed by atoms with Crippen molar-refractivity contribution in [3.05, 3.63) is 34.8 Å². The van der Waals surface area contributed by atoms with Gasteiger partial charge in [-0.2, -0.15) is 4.31 Å². The summed E-state index contributed by atoms with van der Waals surface area (Å²) < 4.78 is 27.4. The average Bonchev–Trinajstić information content (AvgIpc) is 3.09. The SMILES string of the molecule is CCc1nnc(NC(=O)[C@H]2CCCCN2S(=O)(=O)c2ccc(C)cc2)s1. The molecule has 1 aliphatic rings. The van der Waals surface area contributed by atoms with Crippen LogP contribution in [0.15, 0.2) is 29.2 Å². The van der Waals surface area contributed by atoms with Crippen LogP contribution in [0, 0.1) is 6.92 Å². The van der Waals surface area contributed by atoms with Crippen LogP contribution in [0.5, 0.6) is 0 Å². The average molecular weight is 395 g/mol. The zero-order chi connectivity index (χ0) is 18.7. The number of piperidine rings is 1. The molecular weight excluding hydrogens is 372 g/mol. The van der Waals surface area contributed by atoms with E-state index in [1.54, 1.807) is 24.3 Å². The quantitative estimate of drug-likeness (QED) is 0.841. The molecule has 1 aromatic heterocycles. The smallest absolute Gasteiger partial charge is 0.244 e. The van der Waals surface area contributed by atoms with E-state index in [1.165, 1.54) is 15.6 Å².